The van der Waals surface area contributed by atoms with Crippen molar-refractivity contribution in [2.45, 2.75) is 45.0 Å². The predicted molar refractivity (Wildman–Crippen MR) is 57.3 cm³/mol. The van der Waals surface area contributed by atoms with E-state index in [1.165, 1.54) is 5.32 Å². The standard InChI is InChI=1S/C11H14F3NO3/c1-5-6-7(8(16)18-10(2,3)4)15-9(17)11(12,13)14/h1,7H,6H2,2-4H3,(H,15,17)/t7-/m1/s1. The van der Waals surface area contributed by atoms with Crippen molar-refractivity contribution >= 4 is 11.9 Å². The van der Waals surface area contributed by atoms with Gasteiger partial charge in [0.1, 0.15) is 11.6 Å². The van der Waals surface area contributed by atoms with Gasteiger partial charge in [0.15, 0.2) is 0 Å². The molecule has 0 aliphatic rings. The van der Waals surface area contributed by atoms with Gasteiger partial charge in [0.25, 0.3) is 0 Å². The third kappa shape index (κ3) is 6.13. The van der Waals surface area contributed by atoms with Gasteiger partial charge in [0.2, 0.25) is 0 Å². The number of carbonyl (C=O) groups is 2. The molecule has 1 amide bonds. The first kappa shape index (κ1) is 16.3. The first-order chi connectivity index (χ1) is 7.97. The van der Waals surface area contributed by atoms with Crippen molar-refractivity contribution in [1.29, 1.82) is 0 Å². The molecule has 0 heterocycles. The summed E-state index contributed by atoms with van der Waals surface area (Å²) >= 11 is 0. The van der Waals surface area contributed by atoms with Crippen LogP contribution in [0.2, 0.25) is 0 Å². The second kappa shape index (κ2) is 5.76. The van der Waals surface area contributed by atoms with Crippen LogP contribution in [0, 0.1) is 12.3 Å². The molecule has 7 heteroatoms. The second-order valence-electron chi connectivity index (χ2n) is 4.47. The zero-order valence-electron chi connectivity index (χ0n) is 10.2. The van der Waals surface area contributed by atoms with Gasteiger partial charge in [0, 0.05) is 6.42 Å². The van der Waals surface area contributed by atoms with Crippen LogP contribution in [0.1, 0.15) is 27.2 Å². The fourth-order valence-electron chi connectivity index (χ4n) is 0.924. The maximum Gasteiger partial charge on any atom is 0.471 e. The van der Waals surface area contributed by atoms with Crippen molar-refractivity contribution in [2.24, 2.45) is 0 Å². The number of hydrogen-bond acceptors (Lipinski definition) is 3. The number of alkyl halides is 3. The zero-order chi connectivity index (χ0) is 14.6. The van der Waals surface area contributed by atoms with E-state index in [1.807, 2.05) is 5.92 Å². The van der Waals surface area contributed by atoms with Crippen LogP contribution in [0.4, 0.5) is 13.2 Å². The summed E-state index contributed by atoms with van der Waals surface area (Å²) in [4.78, 5) is 22.2. The highest BCUT2D eigenvalue weighted by molar-refractivity contribution is 5.87. The summed E-state index contributed by atoms with van der Waals surface area (Å²) < 4.78 is 41.0. The summed E-state index contributed by atoms with van der Waals surface area (Å²) in [7, 11) is 0. The molecule has 0 unspecified atom stereocenters. The molecule has 0 saturated heterocycles. The van der Waals surface area contributed by atoms with Gasteiger partial charge in [-0.05, 0) is 20.8 Å². The monoisotopic (exact) mass is 265 g/mol. The largest absolute Gasteiger partial charge is 0.471 e. The molecule has 0 saturated carbocycles. The van der Waals surface area contributed by atoms with Gasteiger partial charge >= 0.3 is 18.1 Å². The van der Waals surface area contributed by atoms with E-state index >= 15 is 0 Å². The third-order valence-electron chi connectivity index (χ3n) is 1.58. The molecular weight excluding hydrogens is 251 g/mol. The van der Waals surface area contributed by atoms with Crippen molar-refractivity contribution in [3.8, 4) is 12.3 Å². The van der Waals surface area contributed by atoms with Gasteiger partial charge < -0.3 is 10.1 Å². The number of nitrogens with one attached hydrogen (secondary N) is 1. The quantitative estimate of drug-likeness (QED) is 0.620. The van der Waals surface area contributed by atoms with Gasteiger partial charge in [-0.3, -0.25) is 4.79 Å². The molecular formula is C11H14F3NO3. The fraction of sp³-hybridized carbons (Fsp3) is 0.636. The number of esters is 1. The average Bonchev–Trinajstić information content (AvgIpc) is 2.12. The summed E-state index contributed by atoms with van der Waals surface area (Å²) in [6.07, 6.45) is -0.527. The predicted octanol–water partition coefficient (Wildman–Crippen LogP) is 1.40. The molecule has 0 spiro atoms. The number of carbonyl (C=O) groups excluding carboxylic acids is 2. The maximum atomic E-state index is 12.0. The van der Waals surface area contributed by atoms with Gasteiger partial charge in [0.05, 0.1) is 0 Å². The topological polar surface area (TPSA) is 55.4 Å². The highest BCUT2D eigenvalue weighted by atomic mass is 19.4. The van der Waals surface area contributed by atoms with Crippen LogP contribution in [0.5, 0.6) is 0 Å². The smallest absolute Gasteiger partial charge is 0.458 e. The number of terminal acetylenes is 1. The molecule has 0 aromatic rings. The Balaban J connectivity index is 4.74. The molecule has 1 N–H and O–H groups in total. The highest BCUT2D eigenvalue weighted by Crippen LogP contribution is 2.16. The van der Waals surface area contributed by atoms with E-state index in [2.05, 4.69) is 0 Å². The lowest BCUT2D eigenvalue weighted by Crippen LogP contribution is -2.48. The lowest BCUT2D eigenvalue weighted by atomic mass is 10.1. The molecule has 0 fully saturated rings. The van der Waals surface area contributed by atoms with Crippen LogP contribution in [-0.2, 0) is 14.3 Å². The van der Waals surface area contributed by atoms with Gasteiger partial charge in [-0.15, -0.1) is 12.3 Å². The van der Waals surface area contributed by atoms with Crippen LogP contribution in [0.15, 0.2) is 0 Å². The maximum absolute atomic E-state index is 12.0. The minimum Gasteiger partial charge on any atom is -0.458 e. The van der Waals surface area contributed by atoms with E-state index in [0.29, 0.717) is 0 Å². The Morgan fingerprint density at radius 2 is 1.83 bits per heavy atom. The Bertz CT molecular complexity index is 363. The molecule has 4 nitrogen and oxygen atoms in total. The number of rotatable bonds is 3. The zero-order valence-corrected chi connectivity index (χ0v) is 10.2. The molecule has 0 aliphatic heterocycles. The lowest BCUT2D eigenvalue weighted by molar-refractivity contribution is -0.177. The number of halogens is 3. The summed E-state index contributed by atoms with van der Waals surface area (Å²) in [5.74, 6) is -1.22. The molecule has 0 aromatic carbocycles. The fourth-order valence-corrected chi connectivity index (χ4v) is 0.924. The average molecular weight is 265 g/mol. The Hall–Kier alpha value is -1.71. The molecule has 0 aliphatic carbocycles. The van der Waals surface area contributed by atoms with Crippen molar-refractivity contribution in [2.75, 3.05) is 0 Å². The minimum absolute atomic E-state index is 0.378. The molecule has 0 aromatic heterocycles. The van der Waals surface area contributed by atoms with Crippen molar-refractivity contribution in [3.05, 3.63) is 0 Å². The first-order valence-electron chi connectivity index (χ1n) is 5.01. The Morgan fingerprint density at radius 1 is 1.33 bits per heavy atom. The summed E-state index contributed by atoms with van der Waals surface area (Å²) in [6, 6.07) is -1.51. The summed E-state index contributed by atoms with van der Waals surface area (Å²) in [5.41, 5.74) is -0.882. The third-order valence-corrected chi connectivity index (χ3v) is 1.58. The van der Waals surface area contributed by atoms with Gasteiger partial charge in [-0.1, -0.05) is 0 Å². The first-order valence-corrected chi connectivity index (χ1v) is 5.01. The SMILES string of the molecule is C#CC[C@@H](NC(=O)C(F)(F)F)C(=O)OC(C)(C)C. The molecule has 0 radical (unpaired) electrons. The molecule has 102 valence electrons. The second-order valence-corrected chi connectivity index (χ2v) is 4.47. The van der Waals surface area contributed by atoms with Crippen LogP contribution >= 0.6 is 0 Å². The number of ether oxygens (including phenoxy) is 1. The van der Waals surface area contributed by atoms with Crippen molar-refractivity contribution in [1.82, 2.24) is 5.32 Å². The van der Waals surface area contributed by atoms with Crippen LogP contribution in [-0.4, -0.2) is 29.7 Å². The van der Waals surface area contributed by atoms with Crippen molar-refractivity contribution < 1.29 is 27.5 Å². The minimum atomic E-state index is -5.07. The van der Waals surface area contributed by atoms with E-state index in [1.54, 1.807) is 20.8 Å². The Morgan fingerprint density at radius 3 is 2.17 bits per heavy atom. The normalized spacial score (nSPS) is 13.4. The molecule has 1 atom stereocenters. The van der Waals surface area contributed by atoms with Crippen LogP contribution < -0.4 is 5.32 Å². The van der Waals surface area contributed by atoms with Crippen LogP contribution in [0.3, 0.4) is 0 Å². The van der Waals surface area contributed by atoms with Gasteiger partial charge in [-0.2, -0.15) is 13.2 Å². The molecule has 0 bridgehead atoms. The van der Waals surface area contributed by atoms with E-state index in [-0.39, 0.29) is 6.42 Å². The summed E-state index contributed by atoms with van der Waals surface area (Å²) in [5, 5.41) is 1.50. The van der Waals surface area contributed by atoms with Crippen molar-refractivity contribution in [3.63, 3.8) is 0 Å². The molecule has 0 rings (SSSR count). The lowest BCUT2D eigenvalue weighted by Gasteiger charge is -2.23. The van der Waals surface area contributed by atoms with E-state index in [9.17, 15) is 22.8 Å². The van der Waals surface area contributed by atoms with E-state index < -0.39 is 29.7 Å². The van der Waals surface area contributed by atoms with E-state index in [0.717, 1.165) is 0 Å². The van der Waals surface area contributed by atoms with E-state index in [4.69, 9.17) is 11.2 Å². The number of amides is 1. The van der Waals surface area contributed by atoms with Gasteiger partial charge in [-0.25, -0.2) is 4.79 Å². The number of hydrogen-bond donors (Lipinski definition) is 1. The Labute approximate surface area is 103 Å². The summed E-state index contributed by atoms with van der Waals surface area (Å²) in [6.45, 7) is 4.64. The Kier molecular flexibility index (Phi) is 5.21. The van der Waals surface area contributed by atoms with Crippen LogP contribution in [0.25, 0.3) is 0 Å². The molecule has 18 heavy (non-hydrogen) atoms. The highest BCUT2D eigenvalue weighted by Gasteiger charge is 2.41.